The third kappa shape index (κ3) is 15.7. The van der Waals surface area contributed by atoms with Crippen molar-refractivity contribution in [3.05, 3.63) is 493 Å². The third-order valence-electron chi connectivity index (χ3n) is 25.8. The van der Waals surface area contributed by atoms with Crippen molar-refractivity contribution in [2.75, 3.05) is 0 Å². The summed E-state index contributed by atoms with van der Waals surface area (Å²) in [6, 6.07) is 148. The quantitative estimate of drug-likeness (QED) is 0.0875. The van der Waals surface area contributed by atoms with Crippen LogP contribution in [0.1, 0.15) is 0 Å². The smallest absolute Gasteiger partial charge is 0.188 e. The Kier molecular flexibility index (Phi) is 22.3. The van der Waals surface area contributed by atoms with Gasteiger partial charge in [-0.1, -0.05) is 303 Å². The highest BCUT2D eigenvalue weighted by molar-refractivity contribution is 6.12. The van der Waals surface area contributed by atoms with E-state index in [4.69, 9.17) is 19.9 Å². The molecule has 28 rings (SSSR count). The molecule has 23 heteroatoms. The molecule has 0 aliphatic carbocycles. The maximum atomic E-state index is 4.93. The lowest BCUT2D eigenvalue weighted by atomic mass is 10.2. The summed E-state index contributed by atoms with van der Waals surface area (Å²) < 4.78 is 17.0. The molecule has 28 aromatic rings. The van der Waals surface area contributed by atoms with Crippen LogP contribution in [0.5, 0.6) is 0 Å². The molecule has 0 aliphatic rings. The van der Waals surface area contributed by atoms with Gasteiger partial charge in [-0.25, -0.2) is 19.9 Å². The molecule has 15 heterocycles. The molecular formula is C121H81N23. The van der Waals surface area contributed by atoms with Crippen molar-refractivity contribution in [1.29, 1.82) is 0 Å². The summed E-state index contributed by atoms with van der Waals surface area (Å²) >= 11 is 0. The number of hydrogen-bond donors (Lipinski definition) is 0. The number of para-hydroxylation sites is 8. The molecule has 0 unspecified atom stereocenters. The van der Waals surface area contributed by atoms with E-state index in [-0.39, 0.29) is 0 Å². The number of rotatable bonds is 16. The maximum absolute atomic E-state index is 4.93. The standard InChI is InChI=1S/2C31H21N5.C30H20N6.C29H19N7/c1-3-11-22(12-4-1)30-33-34-31(23-13-5-2-6-14-23)35(30)24-19-20-29(32-21-24)36-27-17-9-7-15-25(27)26-16-8-10-18-28(26)36;1-3-11-22(12-4-1)30-33-34-31(23-13-5-2-6-14-23)36(30)29-20-19-24(21-32-29)35-27-17-9-7-15-25(27)26-16-8-10-18-28(26)35;1-2-8-21(9-3-1)29-33-34-30(22-16-18-31-19-17-22)35(29)23-14-15-28(32-20-23)36-26-12-6-4-10-24(26)25-11-5-7-13-27(25)36;1-3-12-25-22(9-1)23-10-2-4-13-26(23)35(25)21-14-15-27(32-19-21)36-28(20-8-7-16-30-18-20)33-34-29(36)24-11-5-6-17-31-24/h2*1-21H;1-20H;1-19H. The third-order valence-corrected chi connectivity index (χ3v) is 25.8. The van der Waals surface area contributed by atoms with E-state index in [1.807, 2.05) is 220 Å². The first kappa shape index (κ1) is 85.3. The van der Waals surface area contributed by atoms with E-state index in [1.54, 1.807) is 31.0 Å². The Morgan fingerprint density at radius 1 is 0.132 bits per heavy atom. The second-order valence-electron chi connectivity index (χ2n) is 34.2. The van der Waals surface area contributed by atoms with Crippen LogP contribution in [0.15, 0.2) is 493 Å². The number of benzene rings is 13. The fraction of sp³-hybridized carbons (Fsp3) is 0. The van der Waals surface area contributed by atoms with Crippen LogP contribution in [-0.4, -0.2) is 112 Å². The Hall–Kier alpha value is -20.3. The molecule has 0 spiro atoms. The summed E-state index contributed by atoms with van der Waals surface area (Å²) in [7, 11) is 0. The Labute approximate surface area is 824 Å². The molecular weight excluding hydrogens is 1780 g/mol. The van der Waals surface area contributed by atoms with Crippen molar-refractivity contribution >= 4 is 87.2 Å². The molecule has 0 saturated heterocycles. The second kappa shape index (κ2) is 37.6. The highest BCUT2D eigenvalue weighted by atomic mass is 15.3. The lowest BCUT2D eigenvalue weighted by Crippen LogP contribution is -2.04. The van der Waals surface area contributed by atoms with Crippen LogP contribution >= 0.6 is 0 Å². The highest BCUT2D eigenvalue weighted by Gasteiger charge is 2.26. The molecule has 15 aromatic heterocycles. The van der Waals surface area contributed by atoms with E-state index >= 15 is 0 Å². The molecule has 680 valence electrons. The van der Waals surface area contributed by atoms with Gasteiger partial charge in [-0.3, -0.25) is 42.4 Å². The summed E-state index contributed by atoms with van der Waals surface area (Å²) in [4.78, 5) is 32.6. The van der Waals surface area contributed by atoms with Gasteiger partial charge >= 0.3 is 0 Å². The van der Waals surface area contributed by atoms with E-state index in [2.05, 4.69) is 333 Å². The van der Waals surface area contributed by atoms with Gasteiger partial charge in [0.2, 0.25) is 0 Å². The van der Waals surface area contributed by atoms with Crippen LogP contribution in [0.4, 0.5) is 0 Å². The SMILES string of the molecule is c1ccc(-c2nnc(-c3ccccc3)n2-c2ccc(-n3c4ccccc4c4ccccc43)cn2)cc1.c1ccc(-c2nnc(-c3ccccc3)n2-c2ccc(-n3c4ccccc4c4ccccc43)nc2)cc1.c1ccc(-c2nnc(-c3cccnc3)n2-c2ccc(-n3c4ccccc4c4ccccc43)cn2)nc1.c1ccc(-c2nnc(-c3ccncc3)n2-c2ccc(-n3c4ccccc4c4ccccc43)nc2)cc1. The molecule has 0 aliphatic heterocycles. The Morgan fingerprint density at radius 2 is 0.368 bits per heavy atom. The number of fused-ring (bicyclic) bond motifs is 12. The normalized spacial score (nSPS) is 11.3. The maximum Gasteiger partial charge on any atom is 0.188 e. The number of pyridine rings is 7. The molecule has 0 bridgehead atoms. The van der Waals surface area contributed by atoms with Crippen LogP contribution in [0.3, 0.4) is 0 Å². The van der Waals surface area contributed by atoms with E-state index in [1.165, 1.54) is 43.1 Å². The van der Waals surface area contributed by atoms with E-state index in [9.17, 15) is 0 Å². The summed E-state index contributed by atoms with van der Waals surface area (Å²) in [5.41, 5.74) is 20.4. The molecule has 144 heavy (non-hydrogen) atoms. The average Bonchev–Trinajstić information content (AvgIpc) is 1.60. The Morgan fingerprint density at radius 3 is 0.646 bits per heavy atom. The number of hydrogen-bond acceptors (Lipinski definition) is 15. The van der Waals surface area contributed by atoms with Crippen molar-refractivity contribution in [2.24, 2.45) is 0 Å². The van der Waals surface area contributed by atoms with Crippen LogP contribution in [0.2, 0.25) is 0 Å². The molecule has 0 radical (unpaired) electrons. The first-order valence-corrected chi connectivity index (χ1v) is 47.1. The van der Waals surface area contributed by atoms with Crippen LogP contribution in [-0.2, 0) is 0 Å². The zero-order chi connectivity index (χ0) is 95.6. The fourth-order valence-electron chi connectivity index (χ4n) is 19.3. The Balaban J connectivity index is 0.000000101. The summed E-state index contributed by atoms with van der Waals surface area (Å²) in [5, 5.41) is 46.1. The lowest BCUT2D eigenvalue weighted by Gasteiger charge is -2.12. The average molecular weight is 1860 g/mol. The zero-order valence-corrected chi connectivity index (χ0v) is 77.1. The summed E-state index contributed by atoms with van der Waals surface area (Å²) in [5.74, 6) is 9.03. The molecule has 0 fully saturated rings. The summed E-state index contributed by atoms with van der Waals surface area (Å²) in [6.07, 6.45) is 16.4. The number of aromatic nitrogens is 23. The van der Waals surface area contributed by atoms with Crippen molar-refractivity contribution in [1.82, 2.24) is 112 Å². The predicted molar refractivity (Wildman–Crippen MR) is 571 cm³/mol. The predicted octanol–water partition coefficient (Wildman–Crippen LogP) is 26.6. The van der Waals surface area contributed by atoms with Gasteiger partial charge in [-0.2, -0.15) is 0 Å². The van der Waals surface area contributed by atoms with E-state index in [0.29, 0.717) is 23.2 Å². The van der Waals surface area contributed by atoms with Crippen LogP contribution in [0, 0.1) is 0 Å². The van der Waals surface area contributed by atoms with Crippen LogP contribution in [0.25, 0.3) is 224 Å². The first-order valence-electron chi connectivity index (χ1n) is 47.1. The van der Waals surface area contributed by atoms with Crippen molar-refractivity contribution in [3.8, 4) is 137 Å². The molecule has 0 amide bonds. The second-order valence-corrected chi connectivity index (χ2v) is 34.2. The highest BCUT2D eigenvalue weighted by Crippen LogP contribution is 2.41. The van der Waals surface area contributed by atoms with E-state index < -0.39 is 0 Å². The topological polar surface area (TPSA) is 233 Å². The van der Waals surface area contributed by atoms with E-state index in [0.717, 1.165) is 158 Å². The van der Waals surface area contributed by atoms with Crippen LogP contribution < -0.4 is 0 Å². The monoisotopic (exact) mass is 1860 g/mol. The van der Waals surface area contributed by atoms with Gasteiger partial charge in [-0.15, -0.1) is 40.8 Å². The largest absolute Gasteiger partial charge is 0.308 e. The minimum Gasteiger partial charge on any atom is -0.308 e. The first-order chi connectivity index (χ1) is 71.5. The van der Waals surface area contributed by atoms with Gasteiger partial charge in [0, 0.05) is 113 Å². The minimum absolute atomic E-state index is 0.617. The molecule has 0 saturated carbocycles. The summed E-state index contributed by atoms with van der Waals surface area (Å²) in [6.45, 7) is 0. The van der Waals surface area contributed by atoms with Crippen molar-refractivity contribution < 1.29 is 0 Å². The number of nitrogens with zero attached hydrogens (tertiary/aromatic N) is 23. The fourth-order valence-corrected chi connectivity index (χ4v) is 19.3. The molecule has 0 atom stereocenters. The molecule has 13 aromatic carbocycles. The van der Waals surface area contributed by atoms with Gasteiger partial charge in [0.05, 0.1) is 91.7 Å². The lowest BCUT2D eigenvalue weighted by molar-refractivity contribution is 0.987. The van der Waals surface area contributed by atoms with Crippen molar-refractivity contribution in [3.63, 3.8) is 0 Å². The van der Waals surface area contributed by atoms with Gasteiger partial charge in [0.1, 0.15) is 29.0 Å². The molecule has 0 N–H and O–H groups in total. The van der Waals surface area contributed by atoms with Gasteiger partial charge in [-0.05, 0) is 133 Å². The van der Waals surface area contributed by atoms with Gasteiger partial charge < -0.3 is 9.13 Å². The van der Waals surface area contributed by atoms with Gasteiger partial charge in [0.15, 0.2) is 46.6 Å². The van der Waals surface area contributed by atoms with Gasteiger partial charge in [0.25, 0.3) is 0 Å². The Bertz CT molecular complexity index is 7920. The molecule has 23 nitrogen and oxygen atoms in total. The van der Waals surface area contributed by atoms with Crippen molar-refractivity contribution in [2.45, 2.75) is 0 Å². The zero-order valence-electron chi connectivity index (χ0n) is 77.1. The minimum atomic E-state index is 0.617.